The van der Waals surface area contributed by atoms with Gasteiger partial charge in [-0.05, 0) is 50.1 Å². The van der Waals surface area contributed by atoms with Gasteiger partial charge in [0, 0.05) is 29.0 Å². The molecule has 2 aliphatic rings. The van der Waals surface area contributed by atoms with Gasteiger partial charge < -0.3 is 23.5 Å². The molecule has 6 rings (SSSR count). The van der Waals surface area contributed by atoms with Crippen molar-refractivity contribution in [3.63, 3.8) is 0 Å². The Balaban J connectivity index is 1.59. The standard InChI is InChI=1S/C28H26ClN5O5/c1-14(2)33-23-21(31-25(33)19-12-30-28(37-5)32-26(19)36-4)27(35)34(22(23)16-6-8-17(29)9-7-16)18-10-15(3)24-20(11-18)38-13-39-24/h6-12,14,22H,13H2,1-5H3/t22-/m1/s1. The number of imidazole rings is 1. The molecule has 0 unspecified atom stereocenters. The van der Waals surface area contributed by atoms with Crippen molar-refractivity contribution in [2.24, 2.45) is 0 Å². The first-order chi connectivity index (χ1) is 18.8. The number of rotatable bonds is 6. The summed E-state index contributed by atoms with van der Waals surface area (Å²) < 4.78 is 24.1. The van der Waals surface area contributed by atoms with Crippen LogP contribution < -0.4 is 23.8 Å². The molecule has 39 heavy (non-hydrogen) atoms. The van der Waals surface area contributed by atoms with Gasteiger partial charge in [-0.3, -0.25) is 9.69 Å². The fourth-order valence-corrected chi connectivity index (χ4v) is 5.34. The van der Waals surface area contributed by atoms with E-state index >= 15 is 0 Å². The maximum absolute atomic E-state index is 14.2. The smallest absolute Gasteiger partial charge is 0.319 e. The number of hydrogen-bond donors (Lipinski definition) is 0. The topological polar surface area (TPSA) is 101 Å². The zero-order valence-electron chi connectivity index (χ0n) is 22.1. The minimum Gasteiger partial charge on any atom is -0.480 e. The molecule has 1 atom stereocenters. The summed E-state index contributed by atoms with van der Waals surface area (Å²) >= 11 is 6.24. The molecule has 0 radical (unpaired) electrons. The van der Waals surface area contributed by atoms with Crippen molar-refractivity contribution < 1.29 is 23.7 Å². The van der Waals surface area contributed by atoms with Gasteiger partial charge in [0.2, 0.25) is 12.7 Å². The van der Waals surface area contributed by atoms with Crippen LogP contribution in [0.3, 0.4) is 0 Å². The van der Waals surface area contributed by atoms with E-state index in [0.29, 0.717) is 45.2 Å². The van der Waals surface area contributed by atoms with Gasteiger partial charge in [-0.1, -0.05) is 23.7 Å². The molecule has 0 N–H and O–H groups in total. The Morgan fingerprint density at radius 2 is 1.85 bits per heavy atom. The summed E-state index contributed by atoms with van der Waals surface area (Å²) in [6, 6.07) is 10.9. The molecule has 4 heterocycles. The Morgan fingerprint density at radius 1 is 1.08 bits per heavy atom. The van der Waals surface area contributed by atoms with E-state index in [1.54, 1.807) is 11.1 Å². The van der Waals surface area contributed by atoms with Crippen molar-refractivity contribution in [2.75, 3.05) is 25.9 Å². The molecule has 0 saturated carbocycles. The number of anilines is 1. The summed E-state index contributed by atoms with van der Waals surface area (Å²) in [5, 5.41) is 0.604. The lowest BCUT2D eigenvalue weighted by Gasteiger charge is -2.29. The maximum atomic E-state index is 14.2. The van der Waals surface area contributed by atoms with Gasteiger partial charge >= 0.3 is 6.01 Å². The predicted molar refractivity (Wildman–Crippen MR) is 144 cm³/mol. The van der Waals surface area contributed by atoms with Crippen molar-refractivity contribution in [1.29, 1.82) is 0 Å². The summed E-state index contributed by atoms with van der Waals surface area (Å²) in [6.45, 7) is 6.16. The van der Waals surface area contributed by atoms with Crippen LogP contribution in [0.15, 0.2) is 42.6 Å². The van der Waals surface area contributed by atoms with E-state index in [9.17, 15) is 4.79 Å². The van der Waals surface area contributed by atoms with E-state index in [-0.39, 0.29) is 24.8 Å². The van der Waals surface area contributed by atoms with Gasteiger partial charge in [-0.15, -0.1) is 0 Å². The molecule has 0 aliphatic carbocycles. The quantitative estimate of drug-likeness (QED) is 0.317. The molecule has 0 saturated heterocycles. The normalized spacial score (nSPS) is 15.7. The Bertz CT molecular complexity index is 1600. The highest BCUT2D eigenvalue weighted by Crippen LogP contribution is 2.48. The third-order valence-corrected chi connectivity index (χ3v) is 7.11. The molecule has 0 spiro atoms. The van der Waals surface area contributed by atoms with Crippen LogP contribution in [0.2, 0.25) is 5.02 Å². The van der Waals surface area contributed by atoms with Crippen molar-refractivity contribution in [2.45, 2.75) is 32.9 Å². The van der Waals surface area contributed by atoms with Crippen molar-refractivity contribution in [1.82, 2.24) is 19.5 Å². The number of halogens is 1. The molecule has 2 aliphatic heterocycles. The second-order valence-corrected chi connectivity index (χ2v) is 9.97. The number of benzene rings is 2. The second-order valence-electron chi connectivity index (χ2n) is 9.54. The van der Waals surface area contributed by atoms with Gasteiger partial charge in [-0.25, -0.2) is 9.97 Å². The highest BCUT2D eigenvalue weighted by atomic mass is 35.5. The maximum Gasteiger partial charge on any atom is 0.319 e. The number of nitrogens with zero attached hydrogens (tertiary/aromatic N) is 5. The summed E-state index contributed by atoms with van der Waals surface area (Å²) in [6.07, 6.45) is 1.60. The van der Waals surface area contributed by atoms with E-state index in [1.165, 1.54) is 14.2 Å². The fourth-order valence-electron chi connectivity index (χ4n) is 5.21. The zero-order chi connectivity index (χ0) is 27.4. The van der Waals surface area contributed by atoms with Gasteiger partial charge in [-0.2, -0.15) is 4.98 Å². The number of carbonyl (C=O) groups is 1. The predicted octanol–water partition coefficient (Wildman–Crippen LogP) is 5.38. The Kier molecular flexibility index (Phi) is 6.06. The van der Waals surface area contributed by atoms with Crippen LogP contribution in [0.5, 0.6) is 23.4 Å². The average molecular weight is 548 g/mol. The Hall–Kier alpha value is -4.31. The first-order valence-corrected chi connectivity index (χ1v) is 12.8. The molecule has 1 amide bonds. The SMILES string of the molecule is COc1ncc(-c2nc3c(n2C(C)C)[C@@H](c2ccc(Cl)cc2)N(c2cc(C)c4c(c2)OCO4)C3=O)c(OC)n1. The Labute approximate surface area is 230 Å². The zero-order valence-corrected chi connectivity index (χ0v) is 22.8. The van der Waals surface area contributed by atoms with Crippen LogP contribution in [0.1, 0.15) is 53.2 Å². The lowest BCUT2D eigenvalue weighted by Crippen LogP contribution is -2.30. The van der Waals surface area contributed by atoms with E-state index < -0.39 is 6.04 Å². The number of methoxy groups -OCH3 is 2. The third-order valence-electron chi connectivity index (χ3n) is 6.86. The summed E-state index contributed by atoms with van der Waals surface area (Å²) in [5.41, 5.74) is 4.08. The molecular formula is C28H26ClN5O5. The lowest BCUT2D eigenvalue weighted by atomic mass is 10.0. The molecule has 0 bridgehead atoms. The summed E-state index contributed by atoms with van der Waals surface area (Å²) in [5.74, 6) is 1.88. The van der Waals surface area contributed by atoms with Gasteiger partial charge in [0.25, 0.3) is 5.91 Å². The number of ether oxygens (including phenoxy) is 4. The highest BCUT2D eigenvalue weighted by molar-refractivity contribution is 6.30. The van der Waals surface area contributed by atoms with Crippen LogP contribution in [0, 0.1) is 6.92 Å². The van der Waals surface area contributed by atoms with Gasteiger partial charge in [0.05, 0.1) is 25.5 Å². The molecule has 0 fully saturated rings. The van der Waals surface area contributed by atoms with E-state index in [4.69, 9.17) is 35.5 Å². The number of hydrogen-bond acceptors (Lipinski definition) is 8. The van der Waals surface area contributed by atoms with Crippen LogP contribution in [-0.2, 0) is 0 Å². The monoisotopic (exact) mass is 547 g/mol. The van der Waals surface area contributed by atoms with E-state index in [0.717, 1.165) is 16.8 Å². The third kappa shape index (κ3) is 3.94. The van der Waals surface area contributed by atoms with Crippen LogP contribution in [-0.4, -0.2) is 46.4 Å². The molecule has 4 aromatic rings. The average Bonchev–Trinajstić information content (AvgIpc) is 3.63. The van der Waals surface area contributed by atoms with Crippen LogP contribution in [0.25, 0.3) is 11.4 Å². The number of aromatic nitrogens is 4. The number of amides is 1. The molecule has 200 valence electrons. The number of aryl methyl sites for hydroxylation is 1. The highest BCUT2D eigenvalue weighted by Gasteiger charge is 2.45. The van der Waals surface area contributed by atoms with Gasteiger partial charge in [0.1, 0.15) is 11.9 Å². The molecule has 11 heteroatoms. The van der Waals surface area contributed by atoms with E-state index in [2.05, 4.69) is 9.97 Å². The minimum atomic E-state index is -0.488. The lowest BCUT2D eigenvalue weighted by molar-refractivity contribution is 0.0989. The molecule has 10 nitrogen and oxygen atoms in total. The summed E-state index contributed by atoms with van der Waals surface area (Å²) in [4.78, 5) is 29.4. The molecular weight excluding hydrogens is 522 g/mol. The van der Waals surface area contributed by atoms with Crippen LogP contribution in [0.4, 0.5) is 5.69 Å². The molecule has 2 aromatic heterocycles. The number of carbonyl (C=O) groups excluding carboxylic acids is 1. The summed E-state index contributed by atoms with van der Waals surface area (Å²) in [7, 11) is 3.01. The first-order valence-electron chi connectivity index (χ1n) is 12.4. The van der Waals surface area contributed by atoms with Crippen molar-refractivity contribution in [3.8, 4) is 34.8 Å². The minimum absolute atomic E-state index is 0.0656. The number of fused-ring (bicyclic) bond motifs is 2. The Morgan fingerprint density at radius 3 is 2.54 bits per heavy atom. The molecule has 2 aromatic carbocycles. The van der Waals surface area contributed by atoms with Crippen molar-refractivity contribution in [3.05, 3.63) is 70.1 Å². The van der Waals surface area contributed by atoms with Crippen molar-refractivity contribution >= 4 is 23.2 Å². The van der Waals surface area contributed by atoms with Gasteiger partial charge in [0.15, 0.2) is 17.2 Å². The first kappa shape index (κ1) is 25.0. The van der Waals surface area contributed by atoms with E-state index in [1.807, 2.05) is 61.7 Å². The fraction of sp³-hybridized carbons (Fsp3) is 0.286. The van der Waals surface area contributed by atoms with Crippen LogP contribution >= 0.6 is 11.6 Å². The largest absolute Gasteiger partial charge is 0.480 e. The second kappa shape index (κ2) is 9.46.